The Morgan fingerprint density at radius 1 is 1.15 bits per heavy atom. The topological polar surface area (TPSA) is 50.5 Å². The van der Waals surface area contributed by atoms with Crippen LogP contribution in [0, 0.1) is 0 Å². The second-order valence-electron chi connectivity index (χ2n) is 5.27. The zero-order valence-electron chi connectivity index (χ0n) is 13.2. The van der Waals surface area contributed by atoms with Gasteiger partial charge in [-0.25, -0.2) is 0 Å². The van der Waals surface area contributed by atoms with Crippen molar-refractivity contribution in [3.8, 4) is 5.75 Å². The molecule has 4 nitrogen and oxygen atoms in total. The van der Waals surface area contributed by atoms with Crippen LogP contribution >= 0.6 is 0 Å². The fraction of sp³-hybridized carbons (Fsp3) is 0.625. The first kappa shape index (κ1) is 17.0. The second-order valence-corrected chi connectivity index (χ2v) is 5.27. The van der Waals surface area contributed by atoms with E-state index in [2.05, 4.69) is 36.3 Å². The van der Waals surface area contributed by atoms with Crippen molar-refractivity contribution in [3.63, 3.8) is 0 Å². The van der Waals surface area contributed by atoms with Gasteiger partial charge >= 0.3 is 0 Å². The summed E-state index contributed by atoms with van der Waals surface area (Å²) in [5, 5.41) is 0. The summed E-state index contributed by atoms with van der Waals surface area (Å²) in [6.45, 7) is 11.6. The fourth-order valence-electron chi connectivity index (χ4n) is 2.25. The number of nitrogens with one attached hydrogen (secondary N) is 1. The van der Waals surface area contributed by atoms with E-state index in [0.29, 0.717) is 0 Å². The van der Waals surface area contributed by atoms with Crippen LogP contribution in [0.1, 0.15) is 45.7 Å². The molecule has 1 aromatic carbocycles. The Morgan fingerprint density at radius 3 is 2.20 bits per heavy atom. The van der Waals surface area contributed by atoms with E-state index in [4.69, 9.17) is 10.6 Å². The van der Waals surface area contributed by atoms with Gasteiger partial charge in [0.25, 0.3) is 0 Å². The molecular weight excluding hydrogens is 250 g/mol. The Balaban J connectivity index is 2.60. The van der Waals surface area contributed by atoms with Crippen molar-refractivity contribution < 1.29 is 4.74 Å². The predicted molar refractivity (Wildman–Crippen MR) is 84.7 cm³/mol. The lowest BCUT2D eigenvalue weighted by atomic mass is 10.0. The lowest BCUT2D eigenvalue weighted by Gasteiger charge is -2.22. The van der Waals surface area contributed by atoms with Gasteiger partial charge in [0, 0.05) is 6.04 Å². The first-order valence-electron chi connectivity index (χ1n) is 7.55. The van der Waals surface area contributed by atoms with Crippen LogP contribution in [-0.2, 0) is 0 Å². The first-order chi connectivity index (χ1) is 9.60. The van der Waals surface area contributed by atoms with E-state index in [1.54, 1.807) is 0 Å². The molecule has 0 fully saturated rings. The lowest BCUT2D eigenvalue weighted by Crippen LogP contribution is -2.32. The molecule has 0 saturated carbocycles. The highest BCUT2D eigenvalue weighted by atomic mass is 16.5. The number of nitrogens with two attached hydrogens (primary N) is 1. The summed E-state index contributed by atoms with van der Waals surface area (Å²) < 4.78 is 5.66. The third kappa shape index (κ3) is 5.49. The van der Waals surface area contributed by atoms with Gasteiger partial charge in [0.15, 0.2) is 0 Å². The molecule has 0 saturated heterocycles. The molecule has 0 amide bonds. The average Bonchev–Trinajstić information content (AvgIpc) is 2.44. The molecule has 1 rings (SSSR count). The molecule has 0 radical (unpaired) electrons. The molecule has 1 unspecified atom stereocenters. The molecule has 0 heterocycles. The van der Waals surface area contributed by atoms with Gasteiger partial charge in [0.2, 0.25) is 0 Å². The molecule has 1 atom stereocenters. The minimum atomic E-state index is 0.184. The van der Waals surface area contributed by atoms with Crippen molar-refractivity contribution in [3.05, 3.63) is 29.8 Å². The monoisotopic (exact) mass is 279 g/mol. The van der Waals surface area contributed by atoms with Crippen molar-refractivity contribution in [2.45, 2.75) is 46.3 Å². The molecule has 0 bridgehead atoms. The molecule has 0 aliphatic carbocycles. The standard InChI is InChI=1S/C16H29N3O/c1-5-19(6-2)12-11-16(18-17)14-7-9-15(10-8-14)20-13(3)4/h7-10,13,16,18H,5-6,11-12,17H2,1-4H3. The minimum Gasteiger partial charge on any atom is -0.491 e. The van der Waals surface area contributed by atoms with Gasteiger partial charge in [-0.3, -0.25) is 11.3 Å². The summed E-state index contributed by atoms with van der Waals surface area (Å²) >= 11 is 0. The molecule has 0 spiro atoms. The Kier molecular flexibility index (Phi) is 7.59. The number of rotatable bonds is 9. The first-order valence-corrected chi connectivity index (χ1v) is 7.55. The summed E-state index contributed by atoms with van der Waals surface area (Å²) in [7, 11) is 0. The van der Waals surface area contributed by atoms with Crippen LogP contribution in [0.4, 0.5) is 0 Å². The molecule has 0 aliphatic heterocycles. The predicted octanol–water partition coefficient (Wildman–Crippen LogP) is 2.71. The van der Waals surface area contributed by atoms with E-state index in [9.17, 15) is 0 Å². The molecule has 4 heteroatoms. The van der Waals surface area contributed by atoms with Crippen LogP contribution < -0.4 is 16.0 Å². The van der Waals surface area contributed by atoms with E-state index < -0.39 is 0 Å². The smallest absolute Gasteiger partial charge is 0.119 e. The summed E-state index contributed by atoms with van der Waals surface area (Å²) in [5.74, 6) is 6.60. The van der Waals surface area contributed by atoms with Crippen molar-refractivity contribution in [1.29, 1.82) is 0 Å². The fourth-order valence-corrected chi connectivity index (χ4v) is 2.25. The highest BCUT2D eigenvalue weighted by molar-refractivity contribution is 5.29. The van der Waals surface area contributed by atoms with Gasteiger partial charge in [0.05, 0.1) is 6.10 Å². The molecular formula is C16H29N3O. The molecule has 1 aromatic rings. The van der Waals surface area contributed by atoms with Gasteiger partial charge in [-0.05, 0) is 57.6 Å². The van der Waals surface area contributed by atoms with Gasteiger partial charge in [-0.15, -0.1) is 0 Å². The summed E-state index contributed by atoms with van der Waals surface area (Å²) in [5.41, 5.74) is 4.12. The number of hydrogen-bond acceptors (Lipinski definition) is 4. The van der Waals surface area contributed by atoms with E-state index in [0.717, 1.165) is 31.8 Å². The van der Waals surface area contributed by atoms with Crippen molar-refractivity contribution >= 4 is 0 Å². The minimum absolute atomic E-state index is 0.184. The Morgan fingerprint density at radius 2 is 1.75 bits per heavy atom. The lowest BCUT2D eigenvalue weighted by molar-refractivity contribution is 0.242. The second kappa shape index (κ2) is 8.95. The molecule has 3 N–H and O–H groups in total. The largest absolute Gasteiger partial charge is 0.491 e. The number of benzene rings is 1. The van der Waals surface area contributed by atoms with Crippen LogP contribution in [0.15, 0.2) is 24.3 Å². The Bertz CT molecular complexity index is 360. The third-order valence-corrected chi connectivity index (χ3v) is 3.48. The van der Waals surface area contributed by atoms with E-state index in [1.807, 2.05) is 26.0 Å². The zero-order valence-corrected chi connectivity index (χ0v) is 13.2. The molecule has 0 aromatic heterocycles. The van der Waals surface area contributed by atoms with E-state index in [-0.39, 0.29) is 12.1 Å². The van der Waals surface area contributed by atoms with Gasteiger partial charge in [-0.1, -0.05) is 26.0 Å². The molecule has 0 aliphatic rings. The summed E-state index contributed by atoms with van der Waals surface area (Å²) in [6.07, 6.45) is 1.20. The number of hydrogen-bond donors (Lipinski definition) is 2. The van der Waals surface area contributed by atoms with Crippen LogP contribution in [0.3, 0.4) is 0 Å². The third-order valence-electron chi connectivity index (χ3n) is 3.48. The number of nitrogens with zero attached hydrogens (tertiary/aromatic N) is 1. The zero-order chi connectivity index (χ0) is 15.0. The van der Waals surface area contributed by atoms with Gasteiger partial charge < -0.3 is 9.64 Å². The summed E-state index contributed by atoms with van der Waals surface area (Å²) in [6, 6.07) is 8.38. The highest BCUT2D eigenvalue weighted by Crippen LogP contribution is 2.20. The van der Waals surface area contributed by atoms with Gasteiger partial charge in [0.1, 0.15) is 5.75 Å². The van der Waals surface area contributed by atoms with Crippen LogP contribution in [-0.4, -0.2) is 30.6 Å². The van der Waals surface area contributed by atoms with Crippen molar-refractivity contribution in [2.24, 2.45) is 5.84 Å². The number of hydrazine groups is 1. The maximum atomic E-state index is 5.69. The Hall–Kier alpha value is -1.10. The normalized spacial score (nSPS) is 12.9. The quantitative estimate of drug-likeness (QED) is 0.539. The average molecular weight is 279 g/mol. The maximum Gasteiger partial charge on any atom is 0.119 e. The molecule has 20 heavy (non-hydrogen) atoms. The van der Waals surface area contributed by atoms with Crippen LogP contribution in [0.25, 0.3) is 0 Å². The van der Waals surface area contributed by atoms with Crippen molar-refractivity contribution in [2.75, 3.05) is 19.6 Å². The Labute approximate surface area is 123 Å². The maximum absolute atomic E-state index is 5.69. The SMILES string of the molecule is CCN(CC)CCC(NN)c1ccc(OC(C)C)cc1. The molecule has 114 valence electrons. The van der Waals surface area contributed by atoms with Crippen LogP contribution in [0.5, 0.6) is 5.75 Å². The highest BCUT2D eigenvalue weighted by Gasteiger charge is 2.11. The summed E-state index contributed by atoms with van der Waals surface area (Å²) in [4.78, 5) is 2.40. The van der Waals surface area contributed by atoms with Crippen LogP contribution in [0.2, 0.25) is 0 Å². The van der Waals surface area contributed by atoms with E-state index >= 15 is 0 Å². The van der Waals surface area contributed by atoms with E-state index in [1.165, 1.54) is 5.56 Å². The van der Waals surface area contributed by atoms with Gasteiger partial charge in [-0.2, -0.15) is 0 Å². The van der Waals surface area contributed by atoms with Crippen molar-refractivity contribution in [1.82, 2.24) is 10.3 Å². The number of ether oxygens (including phenoxy) is 1.